The number of benzene rings is 1. The van der Waals surface area contributed by atoms with Gasteiger partial charge in [0.05, 0.1) is 6.04 Å². The zero-order valence-electron chi connectivity index (χ0n) is 13.8. The zero-order chi connectivity index (χ0) is 18.3. The van der Waals surface area contributed by atoms with Gasteiger partial charge in [0.1, 0.15) is 0 Å². The molecule has 0 radical (unpaired) electrons. The van der Waals surface area contributed by atoms with Gasteiger partial charge in [0.25, 0.3) is 0 Å². The van der Waals surface area contributed by atoms with E-state index in [-0.39, 0.29) is 24.9 Å². The molecule has 0 aliphatic rings. The van der Waals surface area contributed by atoms with Crippen molar-refractivity contribution in [3.63, 3.8) is 0 Å². The van der Waals surface area contributed by atoms with Crippen molar-refractivity contribution in [3.05, 3.63) is 29.8 Å². The molecule has 0 aliphatic heterocycles. The lowest BCUT2D eigenvalue weighted by Crippen LogP contribution is -2.38. The number of nitrogens with one attached hydrogen (secondary N) is 1. The Morgan fingerprint density at radius 2 is 2.00 bits per heavy atom. The molecule has 0 fully saturated rings. The van der Waals surface area contributed by atoms with Crippen molar-refractivity contribution in [1.29, 1.82) is 0 Å². The number of carbonyl (C=O) groups is 2. The largest absolute Gasteiger partial charge is 0.471 e. The molecule has 2 amide bonds. The number of anilines is 1. The van der Waals surface area contributed by atoms with Crippen LogP contribution >= 0.6 is 24.2 Å². The standard InChI is InChI=1S/C15H20F3N3O2S.ClH/c1-21(14(23)15(16,17)18)9-10-4-3-5-11(8-10)20-13(22)12(19)6-7-24-2;/h3-5,8,12H,6-7,9,19H2,1-2H3,(H,20,22);1H/t12-;/m0./s1. The van der Waals surface area contributed by atoms with Crippen LogP contribution in [0.5, 0.6) is 0 Å². The minimum Gasteiger partial charge on any atom is -0.334 e. The first-order valence-corrected chi connectivity index (χ1v) is 8.51. The molecule has 5 nitrogen and oxygen atoms in total. The Hall–Kier alpha value is -1.45. The molecular formula is C15H21ClF3N3O2S. The third-order valence-corrected chi connectivity index (χ3v) is 3.82. The Morgan fingerprint density at radius 3 is 2.56 bits per heavy atom. The maximum atomic E-state index is 12.4. The summed E-state index contributed by atoms with van der Waals surface area (Å²) in [5, 5.41) is 2.62. The van der Waals surface area contributed by atoms with Crippen LogP contribution in [-0.2, 0) is 16.1 Å². The molecule has 0 spiro atoms. The van der Waals surface area contributed by atoms with Gasteiger partial charge >= 0.3 is 12.1 Å². The quantitative estimate of drug-likeness (QED) is 0.739. The molecule has 0 aliphatic carbocycles. The second-order valence-corrected chi connectivity index (χ2v) is 6.22. The number of carbonyl (C=O) groups excluding carboxylic acids is 2. The summed E-state index contributed by atoms with van der Waals surface area (Å²) in [5.74, 6) is -1.53. The molecule has 0 saturated carbocycles. The van der Waals surface area contributed by atoms with E-state index in [1.54, 1.807) is 30.0 Å². The topological polar surface area (TPSA) is 75.4 Å². The van der Waals surface area contributed by atoms with Crippen LogP contribution in [0.15, 0.2) is 24.3 Å². The van der Waals surface area contributed by atoms with Gasteiger partial charge in [-0.1, -0.05) is 12.1 Å². The summed E-state index contributed by atoms with van der Waals surface area (Å²) >= 11 is 1.58. The maximum absolute atomic E-state index is 12.4. The van der Waals surface area contributed by atoms with E-state index in [0.29, 0.717) is 22.6 Å². The molecule has 0 heterocycles. The number of hydrogen-bond acceptors (Lipinski definition) is 4. The molecule has 0 aromatic heterocycles. The lowest BCUT2D eigenvalue weighted by molar-refractivity contribution is -0.184. The summed E-state index contributed by atoms with van der Waals surface area (Å²) in [7, 11) is 1.07. The van der Waals surface area contributed by atoms with Gasteiger partial charge in [-0.05, 0) is 36.1 Å². The van der Waals surface area contributed by atoms with E-state index in [0.717, 1.165) is 12.8 Å². The second-order valence-electron chi connectivity index (χ2n) is 5.24. The number of hydrogen-bond donors (Lipinski definition) is 2. The summed E-state index contributed by atoms with van der Waals surface area (Å²) in [5.41, 5.74) is 6.64. The molecule has 1 rings (SSSR count). The lowest BCUT2D eigenvalue weighted by Gasteiger charge is -2.19. The van der Waals surface area contributed by atoms with Crippen LogP contribution < -0.4 is 11.1 Å². The van der Waals surface area contributed by atoms with Crippen LogP contribution in [0.2, 0.25) is 0 Å². The van der Waals surface area contributed by atoms with E-state index in [4.69, 9.17) is 5.73 Å². The Balaban J connectivity index is 0.00000576. The predicted molar refractivity (Wildman–Crippen MR) is 95.8 cm³/mol. The van der Waals surface area contributed by atoms with E-state index in [2.05, 4.69) is 5.32 Å². The van der Waals surface area contributed by atoms with Crippen molar-refractivity contribution >= 4 is 41.7 Å². The second kappa shape index (κ2) is 10.5. The fraction of sp³-hybridized carbons (Fsp3) is 0.467. The maximum Gasteiger partial charge on any atom is 0.471 e. The highest BCUT2D eigenvalue weighted by Crippen LogP contribution is 2.20. The molecule has 1 aromatic rings. The number of nitrogens with two attached hydrogens (primary N) is 1. The minimum atomic E-state index is -4.91. The van der Waals surface area contributed by atoms with Crippen LogP contribution in [0.4, 0.5) is 18.9 Å². The van der Waals surface area contributed by atoms with Gasteiger partial charge in [-0.15, -0.1) is 12.4 Å². The van der Waals surface area contributed by atoms with E-state index in [1.807, 2.05) is 6.26 Å². The van der Waals surface area contributed by atoms with Gasteiger partial charge in [0.15, 0.2) is 0 Å². The average molecular weight is 400 g/mol. The summed E-state index contributed by atoms with van der Waals surface area (Å²) in [6.45, 7) is -0.222. The Kier molecular flexibility index (Phi) is 9.91. The summed E-state index contributed by atoms with van der Waals surface area (Å²) < 4.78 is 37.1. The number of thioether (sulfide) groups is 1. The molecule has 1 aromatic carbocycles. The summed E-state index contributed by atoms with van der Waals surface area (Å²) in [6, 6.07) is 5.62. The van der Waals surface area contributed by atoms with Gasteiger partial charge < -0.3 is 16.0 Å². The van der Waals surface area contributed by atoms with Crippen molar-refractivity contribution in [1.82, 2.24) is 4.90 Å². The fourth-order valence-electron chi connectivity index (χ4n) is 1.92. The third-order valence-electron chi connectivity index (χ3n) is 3.17. The van der Waals surface area contributed by atoms with Crippen molar-refractivity contribution in [2.24, 2.45) is 5.73 Å². The molecule has 0 bridgehead atoms. The Morgan fingerprint density at radius 1 is 1.36 bits per heavy atom. The molecule has 142 valence electrons. The van der Waals surface area contributed by atoms with E-state index in [1.165, 1.54) is 6.07 Å². The van der Waals surface area contributed by atoms with Gasteiger partial charge in [0, 0.05) is 19.3 Å². The Labute approximate surface area is 154 Å². The van der Waals surface area contributed by atoms with Gasteiger partial charge in [-0.25, -0.2) is 0 Å². The minimum absolute atomic E-state index is 0. The number of rotatable bonds is 7. The van der Waals surface area contributed by atoms with Crippen LogP contribution in [-0.4, -0.2) is 48.0 Å². The molecule has 0 saturated heterocycles. The first-order valence-electron chi connectivity index (χ1n) is 7.11. The highest BCUT2D eigenvalue weighted by molar-refractivity contribution is 7.98. The number of nitrogens with zero attached hydrogens (tertiary/aromatic N) is 1. The summed E-state index contributed by atoms with van der Waals surface area (Å²) in [6.07, 6.45) is -2.48. The highest BCUT2D eigenvalue weighted by atomic mass is 35.5. The lowest BCUT2D eigenvalue weighted by atomic mass is 10.1. The molecule has 25 heavy (non-hydrogen) atoms. The first kappa shape index (κ1) is 23.5. The molecule has 1 atom stereocenters. The van der Waals surface area contributed by atoms with Crippen molar-refractivity contribution < 1.29 is 22.8 Å². The van der Waals surface area contributed by atoms with Crippen molar-refractivity contribution in [2.45, 2.75) is 25.2 Å². The van der Waals surface area contributed by atoms with Gasteiger partial charge in [-0.3, -0.25) is 9.59 Å². The van der Waals surface area contributed by atoms with E-state index in [9.17, 15) is 22.8 Å². The molecule has 10 heteroatoms. The fourth-order valence-corrected chi connectivity index (χ4v) is 2.41. The number of alkyl halides is 3. The van der Waals surface area contributed by atoms with Crippen LogP contribution in [0.25, 0.3) is 0 Å². The smallest absolute Gasteiger partial charge is 0.334 e. The SMILES string of the molecule is CSCC[C@H](N)C(=O)Nc1cccc(CN(C)C(=O)C(F)(F)F)c1.Cl. The van der Waals surface area contributed by atoms with E-state index < -0.39 is 18.1 Å². The van der Waals surface area contributed by atoms with Crippen LogP contribution in [0.3, 0.4) is 0 Å². The van der Waals surface area contributed by atoms with E-state index >= 15 is 0 Å². The number of amides is 2. The molecule has 3 N–H and O–H groups in total. The molecular weight excluding hydrogens is 379 g/mol. The van der Waals surface area contributed by atoms with Gasteiger partial charge in [0.2, 0.25) is 5.91 Å². The highest BCUT2D eigenvalue weighted by Gasteiger charge is 2.41. The van der Waals surface area contributed by atoms with Crippen molar-refractivity contribution in [3.8, 4) is 0 Å². The Bertz CT molecular complexity index is 587. The third kappa shape index (κ3) is 7.98. The number of halogens is 4. The monoisotopic (exact) mass is 399 g/mol. The summed E-state index contributed by atoms with van der Waals surface area (Å²) in [4.78, 5) is 23.6. The molecule has 0 unspecified atom stereocenters. The van der Waals surface area contributed by atoms with Crippen molar-refractivity contribution in [2.75, 3.05) is 24.4 Å². The van der Waals surface area contributed by atoms with Gasteiger partial charge in [-0.2, -0.15) is 24.9 Å². The van der Waals surface area contributed by atoms with Crippen LogP contribution in [0.1, 0.15) is 12.0 Å². The first-order chi connectivity index (χ1) is 11.1. The van der Waals surface area contributed by atoms with Crippen LogP contribution in [0, 0.1) is 0 Å². The zero-order valence-corrected chi connectivity index (χ0v) is 15.4. The predicted octanol–water partition coefficient (Wildman–Crippen LogP) is 2.65. The average Bonchev–Trinajstić information content (AvgIpc) is 2.51. The normalized spacial score (nSPS) is 12.1.